The van der Waals surface area contributed by atoms with Crippen LogP contribution >= 0.6 is 12.4 Å². The highest BCUT2D eigenvalue weighted by atomic mass is 35.5. The Bertz CT molecular complexity index is 720. The molecule has 0 aliphatic carbocycles. The summed E-state index contributed by atoms with van der Waals surface area (Å²) < 4.78 is 16.4. The van der Waals surface area contributed by atoms with Crippen molar-refractivity contribution in [2.75, 3.05) is 40.5 Å². The smallest absolute Gasteiger partial charge is 0.225 e. The van der Waals surface area contributed by atoms with Crippen molar-refractivity contribution in [3.8, 4) is 11.5 Å². The molecule has 33 heavy (non-hydrogen) atoms. The number of halogens is 1. The van der Waals surface area contributed by atoms with Crippen LogP contribution < -0.4 is 15.2 Å². The number of carbonyl (C=O) groups excluding carboxylic acids is 1. The van der Waals surface area contributed by atoms with Crippen LogP contribution in [0.3, 0.4) is 0 Å². The van der Waals surface area contributed by atoms with E-state index in [0.29, 0.717) is 37.1 Å². The molecule has 0 radical (unpaired) electrons. The van der Waals surface area contributed by atoms with Gasteiger partial charge in [0.2, 0.25) is 5.91 Å². The fourth-order valence-electron chi connectivity index (χ4n) is 4.04. The standard InChI is InChI=1S/C24H40N2O6.ClH/c1-16(2)18(12-20(25)21(28)15-26-14-19(27)13-24(26)29)10-17-6-7-22(31-4)23(11-17)32-9-5-8-30-3;/h6-7,11,16,18-21,27-28H,5,8-10,12-15,25H2,1-4H3;1H/t18-,19+,20-,21-;/m0./s1. The molecule has 0 spiro atoms. The van der Waals surface area contributed by atoms with Gasteiger partial charge in [0.1, 0.15) is 0 Å². The van der Waals surface area contributed by atoms with Gasteiger partial charge >= 0.3 is 0 Å². The Morgan fingerprint density at radius 1 is 1.21 bits per heavy atom. The molecule has 1 aliphatic heterocycles. The van der Waals surface area contributed by atoms with E-state index in [0.717, 1.165) is 18.4 Å². The number of amides is 1. The number of hydrogen-bond acceptors (Lipinski definition) is 7. The number of aliphatic hydroxyl groups excluding tert-OH is 2. The predicted octanol–water partition coefficient (Wildman–Crippen LogP) is 2.02. The summed E-state index contributed by atoms with van der Waals surface area (Å²) in [6.07, 6.45) is 0.833. The second-order valence-electron chi connectivity index (χ2n) is 9.01. The maximum atomic E-state index is 11.9. The number of rotatable bonds is 14. The normalized spacial score (nSPS) is 18.7. The van der Waals surface area contributed by atoms with Crippen LogP contribution in [-0.2, 0) is 16.0 Å². The molecule has 190 valence electrons. The summed E-state index contributed by atoms with van der Waals surface area (Å²) in [6, 6.07) is 5.49. The first-order valence-electron chi connectivity index (χ1n) is 11.4. The topological polar surface area (TPSA) is 114 Å². The average Bonchev–Trinajstić information content (AvgIpc) is 3.07. The number of β-amino-alcohol motifs (C(OH)–C–C–N with tert-alkyl or cyclic N) is 2. The Morgan fingerprint density at radius 3 is 2.52 bits per heavy atom. The number of carbonyl (C=O) groups is 1. The first-order chi connectivity index (χ1) is 15.2. The van der Waals surface area contributed by atoms with Gasteiger partial charge in [-0.1, -0.05) is 19.9 Å². The molecular weight excluding hydrogens is 448 g/mol. The molecule has 8 nitrogen and oxygen atoms in total. The Balaban J connectivity index is 0.00000544. The molecule has 0 saturated carbocycles. The van der Waals surface area contributed by atoms with Gasteiger partial charge in [-0.25, -0.2) is 0 Å². The number of likely N-dealkylation sites (tertiary alicyclic amines) is 1. The molecule has 9 heteroatoms. The maximum absolute atomic E-state index is 11.9. The maximum Gasteiger partial charge on any atom is 0.225 e. The number of methoxy groups -OCH3 is 2. The van der Waals surface area contributed by atoms with Crippen molar-refractivity contribution in [2.45, 2.75) is 57.8 Å². The summed E-state index contributed by atoms with van der Waals surface area (Å²) >= 11 is 0. The zero-order valence-corrected chi connectivity index (χ0v) is 21.1. The van der Waals surface area contributed by atoms with E-state index in [9.17, 15) is 15.0 Å². The fraction of sp³-hybridized carbons (Fsp3) is 0.708. The quantitative estimate of drug-likeness (QED) is 0.343. The van der Waals surface area contributed by atoms with E-state index in [1.54, 1.807) is 14.2 Å². The molecule has 0 aromatic heterocycles. The molecular formula is C24H41ClN2O6. The van der Waals surface area contributed by atoms with Crippen molar-refractivity contribution < 1.29 is 29.2 Å². The number of hydrogen-bond donors (Lipinski definition) is 3. The number of nitrogens with two attached hydrogens (primary N) is 1. The lowest BCUT2D eigenvalue weighted by Gasteiger charge is -2.29. The van der Waals surface area contributed by atoms with Gasteiger partial charge in [-0.3, -0.25) is 4.79 Å². The van der Waals surface area contributed by atoms with E-state index in [2.05, 4.69) is 13.8 Å². The molecule has 4 N–H and O–H groups in total. The number of ether oxygens (including phenoxy) is 3. The summed E-state index contributed by atoms with van der Waals surface area (Å²) in [7, 11) is 3.29. The fourth-order valence-corrected chi connectivity index (χ4v) is 4.04. The molecule has 1 aliphatic rings. The Kier molecular flexibility index (Phi) is 13.1. The zero-order chi connectivity index (χ0) is 23.7. The zero-order valence-electron chi connectivity index (χ0n) is 20.2. The second-order valence-corrected chi connectivity index (χ2v) is 9.01. The summed E-state index contributed by atoms with van der Waals surface area (Å²) in [5, 5.41) is 20.2. The first-order valence-corrected chi connectivity index (χ1v) is 11.4. The molecule has 0 unspecified atom stereocenters. The van der Waals surface area contributed by atoms with Crippen LogP contribution in [0.25, 0.3) is 0 Å². The lowest BCUT2D eigenvalue weighted by Crippen LogP contribution is -2.45. The van der Waals surface area contributed by atoms with Gasteiger partial charge in [-0.15, -0.1) is 12.4 Å². The highest BCUT2D eigenvalue weighted by molar-refractivity contribution is 5.85. The minimum Gasteiger partial charge on any atom is -0.493 e. The number of aliphatic hydroxyl groups is 2. The van der Waals surface area contributed by atoms with E-state index < -0.39 is 18.2 Å². The number of nitrogens with zero attached hydrogens (tertiary/aromatic N) is 1. The molecule has 1 fully saturated rings. The van der Waals surface area contributed by atoms with E-state index in [1.807, 2.05) is 18.2 Å². The van der Waals surface area contributed by atoms with Crippen molar-refractivity contribution in [1.82, 2.24) is 4.90 Å². The largest absolute Gasteiger partial charge is 0.493 e. The van der Waals surface area contributed by atoms with Crippen LogP contribution in [0.15, 0.2) is 18.2 Å². The van der Waals surface area contributed by atoms with Crippen molar-refractivity contribution in [3.63, 3.8) is 0 Å². The van der Waals surface area contributed by atoms with Crippen molar-refractivity contribution in [2.24, 2.45) is 17.6 Å². The van der Waals surface area contributed by atoms with Crippen LogP contribution in [-0.4, -0.2) is 79.8 Å². The van der Waals surface area contributed by atoms with Crippen LogP contribution in [0.1, 0.15) is 38.7 Å². The van der Waals surface area contributed by atoms with Gasteiger partial charge in [0.05, 0.1) is 32.3 Å². The third kappa shape index (κ3) is 9.29. The van der Waals surface area contributed by atoms with E-state index in [1.165, 1.54) is 4.90 Å². The minimum absolute atomic E-state index is 0. The van der Waals surface area contributed by atoms with Gasteiger partial charge < -0.3 is 35.1 Å². The Hall–Kier alpha value is -1.58. The van der Waals surface area contributed by atoms with Gasteiger partial charge in [0.15, 0.2) is 11.5 Å². The Morgan fingerprint density at radius 2 is 1.94 bits per heavy atom. The van der Waals surface area contributed by atoms with Crippen LogP contribution in [0.4, 0.5) is 0 Å². The first kappa shape index (κ1) is 29.5. The molecule has 1 heterocycles. The summed E-state index contributed by atoms with van der Waals surface area (Å²) in [5.74, 6) is 1.86. The second kappa shape index (κ2) is 14.6. The third-order valence-electron chi connectivity index (χ3n) is 6.09. The van der Waals surface area contributed by atoms with E-state index >= 15 is 0 Å². The van der Waals surface area contributed by atoms with Crippen molar-refractivity contribution in [1.29, 1.82) is 0 Å². The monoisotopic (exact) mass is 488 g/mol. The van der Waals surface area contributed by atoms with Gasteiger partial charge in [-0.05, 0) is 42.4 Å². The van der Waals surface area contributed by atoms with Crippen LogP contribution in [0.2, 0.25) is 0 Å². The third-order valence-corrected chi connectivity index (χ3v) is 6.09. The lowest BCUT2D eigenvalue weighted by molar-refractivity contribution is -0.129. The SMILES string of the molecule is COCCCOc1cc(C[C@@H](C[C@H](N)[C@@H](O)CN2C[C@H](O)CC2=O)C(C)C)ccc1OC.Cl. The average molecular weight is 489 g/mol. The molecule has 1 saturated heterocycles. The van der Waals surface area contributed by atoms with Gasteiger partial charge in [0, 0.05) is 39.3 Å². The highest BCUT2D eigenvalue weighted by Crippen LogP contribution is 2.31. The van der Waals surface area contributed by atoms with Crippen LogP contribution in [0.5, 0.6) is 11.5 Å². The van der Waals surface area contributed by atoms with Crippen molar-refractivity contribution >= 4 is 18.3 Å². The molecule has 4 atom stereocenters. The summed E-state index contributed by atoms with van der Waals surface area (Å²) in [4.78, 5) is 13.4. The predicted molar refractivity (Wildman–Crippen MR) is 130 cm³/mol. The molecule has 2 rings (SSSR count). The van der Waals surface area contributed by atoms with E-state index in [-0.39, 0.29) is 43.7 Å². The molecule has 1 aromatic rings. The molecule has 0 bridgehead atoms. The summed E-state index contributed by atoms with van der Waals surface area (Å²) in [6.45, 7) is 5.90. The summed E-state index contributed by atoms with van der Waals surface area (Å²) in [5.41, 5.74) is 7.45. The minimum atomic E-state index is -0.832. The highest BCUT2D eigenvalue weighted by Gasteiger charge is 2.31. The Labute approximate surface area is 203 Å². The molecule has 1 amide bonds. The van der Waals surface area contributed by atoms with Gasteiger partial charge in [-0.2, -0.15) is 0 Å². The number of benzene rings is 1. The van der Waals surface area contributed by atoms with Crippen LogP contribution in [0, 0.1) is 11.8 Å². The van der Waals surface area contributed by atoms with Gasteiger partial charge in [0.25, 0.3) is 0 Å². The van der Waals surface area contributed by atoms with Crippen molar-refractivity contribution in [3.05, 3.63) is 23.8 Å². The van der Waals surface area contributed by atoms with E-state index in [4.69, 9.17) is 19.9 Å². The lowest BCUT2D eigenvalue weighted by atomic mass is 9.83. The molecule has 1 aromatic carbocycles.